The van der Waals surface area contributed by atoms with E-state index in [4.69, 9.17) is 11.6 Å². The van der Waals surface area contributed by atoms with Gasteiger partial charge in [-0.1, -0.05) is 17.7 Å². The summed E-state index contributed by atoms with van der Waals surface area (Å²) in [7, 11) is 0. The molecule has 9 heteroatoms. The van der Waals surface area contributed by atoms with Gasteiger partial charge in [0.15, 0.2) is 0 Å². The van der Waals surface area contributed by atoms with Gasteiger partial charge in [0.1, 0.15) is 0 Å². The summed E-state index contributed by atoms with van der Waals surface area (Å²) in [6.45, 7) is 1.43. The molecule has 0 atom stereocenters. The van der Waals surface area contributed by atoms with Crippen LogP contribution in [0, 0.1) is 0 Å². The molecular weight excluding hydrogens is 393 g/mol. The maximum atomic E-state index is 12.9. The largest absolute Gasteiger partial charge is 0.417 e. The van der Waals surface area contributed by atoms with Crippen LogP contribution in [0.5, 0.6) is 0 Å². The van der Waals surface area contributed by atoms with Crippen LogP contribution in [0.2, 0.25) is 5.02 Å². The zero-order valence-electron chi connectivity index (χ0n) is 14.8. The topological polar surface area (TPSA) is 58.1 Å². The normalized spacial score (nSPS) is 15.8. The van der Waals surface area contributed by atoms with Crippen molar-refractivity contribution in [3.05, 3.63) is 58.9 Å². The van der Waals surface area contributed by atoms with E-state index < -0.39 is 11.7 Å². The molecule has 1 N–H and O–H groups in total. The van der Waals surface area contributed by atoms with Crippen molar-refractivity contribution < 1.29 is 18.0 Å². The van der Waals surface area contributed by atoms with Crippen LogP contribution in [0.1, 0.15) is 24.0 Å². The van der Waals surface area contributed by atoms with Crippen molar-refractivity contribution in [2.45, 2.75) is 25.1 Å². The van der Waals surface area contributed by atoms with Crippen LogP contribution in [0.4, 0.5) is 19.1 Å². The summed E-state index contributed by atoms with van der Waals surface area (Å²) in [6.07, 6.45) is 2.86. The average Bonchev–Trinajstić information content (AvgIpc) is 2.68. The second-order valence-electron chi connectivity index (χ2n) is 6.39. The fourth-order valence-electron chi connectivity index (χ4n) is 2.96. The zero-order valence-corrected chi connectivity index (χ0v) is 15.5. The monoisotopic (exact) mass is 410 g/mol. The molecule has 0 aliphatic carbocycles. The fraction of sp³-hybridized carbons (Fsp3) is 0.316. The number of halogens is 4. The molecular formula is C19H18ClF3N4O. The number of nitrogens with zero attached hydrogens (tertiary/aromatic N) is 3. The molecule has 1 aliphatic rings. The molecule has 28 heavy (non-hydrogen) atoms. The van der Waals surface area contributed by atoms with Crippen LogP contribution in [0.25, 0.3) is 6.08 Å². The van der Waals surface area contributed by atoms with Crippen LogP contribution in [-0.4, -0.2) is 35.0 Å². The first kappa shape index (κ1) is 20.1. The van der Waals surface area contributed by atoms with E-state index in [1.54, 1.807) is 18.5 Å². The molecule has 1 aliphatic heterocycles. The maximum Gasteiger partial charge on any atom is 0.417 e. The number of carbonyl (C=O) groups is 1. The van der Waals surface area contributed by atoms with Crippen molar-refractivity contribution in [1.82, 2.24) is 15.3 Å². The van der Waals surface area contributed by atoms with Gasteiger partial charge < -0.3 is 10.2 Å². The van der Waals surface area contributed by atoms with Gasteiger partial charge >= 0.3 is 6.18 Å². The minimum Gasteiger partial charge on any atom is -0.350 e. The van der Waals surface area contributed by atoms with E-state index in [1.807, 2.05) is 4.90 Å². The van der Waals surface area contributed by atoms with Gasteiger partial charge in [0, 0.05) is 37.6 Å². The molecule has 3 rings (SSSR count). The Kier molecular flexibility index (Phi) is 6.18. The Morgan fingerprint density at radius 2 is 1.89 bits per heavy atom. The number of aromatic nitrogens is 2. The molecule has 2 aromatic rings. The molecule has 0 bridgehead atoms. The van der Waals surface area contributed by atoms with Crippen molar-refractivity contribution in [2.24, 2.45) is 0 Å². The van der Waals surface area contributed by atoms with E-state index in [2.05, 4.69) is 15.3 Å². The highest BCUT2D eigenvalue weighted by Gasteiger charge is 2.33. The van der Waals surface area contributed by atoms with Gasteiger partial charge in [-0.15, -0.1) is 0 Å². The first-order valence-corrected chi connectivity index (χ1v) is 9.08. The predicted molar refractivity (Wildman–Crippen MR) is 101 cm³/mol. The van der Waals surface area contributed by atoms with Crippen LogP contribution < -0.4 is 10.2 Å². The van der Waals surface area contributed by atoms with Crippen molar-refractivity contribution in [2.75, 3.05) is 18.0 Å². The lowest BCUT2D eigenvalue weighted by Gasteiger charge is -2.32. The summed E-state index contributed by atoms with van der Waals surface area (Å²) in [6, 6.07) is 5.27. The van der Waals surface area contributed by atoms with Crippen LogP contribution in [0.15, 0.2) is 42.7 Å². The number of benzene rings is 1. The average molecular weight is 411 g/mol. The van der Waals surface area contributed by atoms with Gasteiger partial charge in [-0.05, 0) is 42.7 Å². The smallest absolute Gasteiger partial charge is 0.350 e. The highest BCUT2D eigenvalue weighted by atomic mass is 35.5. The standard InChI is InChI=1S/C19H18ClF3N4O/c20-16-4-2-13(12-15(16)19(21,22)23)3-5-17(28)26-14-6-10-27(11-7-14)18-24-8-1-9-25-18/h1-5,8-9,12,14H,6-7,10-11H2,(H,26,28)/b5-3+. The van der Waals surface area contributed by atoms with Crippen molar-refractivity contribution in [3.8, 4) is 0 Å². The highest BCUT2D eigenvalue weighted by molar-refractivity contribution is 6.31. The second kappa shape index (κ2) is 8.60. The number of hydrogen-bond donors (Lipinski definition) is 1. The Labute approximate surface area is 165 Å². The van der Waals surface area contributed by atoms with Crippen molar-refractivity contribution in [1.29, 1.82) is 0 Å². The van der Waals surface area contributed by atoms with E-state index in [1.165, 1.54) is 24.3 Å². The van der Waals surface area contributed by atoms with E-state index in [0.29, 0.717) is 19.0 Å². The Morgan fingerprint density at radius 1 is 1.21 bits per heavy atom. The Balaban J connectivity index is 1.54. The van der Waals surface area contributed by atoms with E-state index in [0.717, 1.165) is 18.9 Å². The SMILES string of the molecule is O=C(/C=C/c1ccc(Cl)c(C(F)(F)F)c1)NC1CCN(c2ncccn2)CC1. The van der Waals surface area contributed by atoms with Gasteiger partial charge in [-0.3, -0.25) is 4.79 Å². The van der Waals surface area contributed by atoms with Gasteiger partial charge in [-0.25, -0.2) is 9.97 Å². The molecule has 0 saturated carbocycles. The van der Waals surface area contributed by atoms with Gasteiger partial charge in [-0.2, -0.15) is 13.2 Å². The fourth-order valence-corrected chi connectivity index (χ4v) is 3.19. The number of nitrogens with one attached hydrogen (secondary N) is 1. The van der Waals surface area contributed by atoms with E-state index >= 15 is 0 Å². The number of piperidine rings is 1. The number of anilines is 1. The van der Waals surface area contributed by atoms with Gasteiger partial charge in [0.2, 0.25) is 11.9 Å². The van der Waals surface area contributed by atoms with Gasteiger partial charge in [0.25, 0.3) is 0 Å². The molecule has 0 spiro atoms. The molecule has 0 unspecified atom stereocenters. The zero-order chi connectivity index (χ0) is 20.1. The van der Waals surface area contributed by atoms with Crippen LogP contribution >= 0.6 is 11.6 Å². The van der Waals surface area contributed by atoms with Crippen molar-refractivity contribution >= 4 is 29.5 Å². The second-order valence-corrected chi connectivity index (χ2v) is 6.80. The molecule has 2 heterocycles. The van der Waals surface area contributed by atoms with E-state index in [9.17, 15) is 18.0 Å². The third-order valence-electron chi connectivity index (χ3n) is 4.40. The third-order valence-corrected chi connectivity index (χ3v) is 4.73. The lowest BCUT2D eigenvalue weighted by Crippen LogP contribution is -2.44. The minimum atomic E-state index is -4.54. The molecule has 1 amide bonds. The maximum absolute atomic E-state index is 12.9. The molecule has 1 aromatic heterocycles. The van der Waals surface area contributed by atoms with Crippen LogP contribution in [-0.2, 0) is 11.0 Å². The third kappa shape index (κ3) is 5.22. The molecule has 1 fully saturated rings. The Bertz CT molecular complexity index is 850. The molecule has 1 saturated heterocycles. The van der Waals surface area contributed by atoms with Gasteiger partial charge in [0.05, 0.1) is 10.6 Å². The molecule has 1 aromatic carbocycles. The first-order valence-electron chi connectivity index (χ1n) is 8.70. The Morgan fingerprint density at radius 3 is 2.54 bits per heavy atom. The summed E-state index contributed by atoms with van der Waals surface area (Å²) in [5.41, 5.74) is -0.671. The highest BCUT2D eigenvalue weighted by Crippen LogP contribution is 2.35. The number of rotatable bonds is 4. The summed E-state index contributed by atoms with van der Waals surface area (Å²) < 4.78 is 38.7. The van der Waals surface area contributed by atoms with Crippen molar-refractivity contribution in [3.63, 3.8) is 0 Å². The minimum absolute atomic E-state index is 0.00642. The molecule has 5 nitrogen and oxygen atoms in total. The predicted octanol–water partition coefficient (Wildman–Crippen LogP) is 3.95. The number of amides is 1. The summed E-state index contributed by atoms with van der Waals surface area (Å²) in [5, 5.41) is 2.50. The number of carbonyl (C=O) groups excluding carboxylic acids is 1. The number of alkyl halides is 3. The summed E-state index contributed by atoms with van der Waals surface area (Å²) in [4.78, 5) is 22.6. The number of hydrogen-bond acceptors (Lipinski definition) is 4. The van der Waals surface area contributed by atoms with Crippen LogP contribution in [0.3, 0.4) is 0 Å². The lowest BCUT2D eigenvalue weighted by atomic mass is 10.1. The molecule has 0 radical (unpaired) electrons. The Hall–Kier alpha value is -2.61. The molecule has 148 valence electrons. The summed E-state index contributed by atoms with van der Waals surface area (Å²) >= 11 is 5.59. The summed E-state index contributed by atoms with van der Waals surface area (Å²) in [5.74, 6) is 0.313. The van der Waals surface area contributed by atoms with E-state index in [-0.39, 0.29) is 22.5 Å². The quantitative estimate of drug-likeness (QED) is 0.775. The lowest BCUT2D eigenvalue weighted by molar-refractivity contribution is -0.137. The first-order chi connectivity index (χ1) is 13.3.